The van der Waals surface area contributed by atoms with E-state index >= 15 is 0 Å². The lowest BCUT2D eigenvalue weighted by Crippen LogP contribution is -2.46. The van der Waals surface area contributed by atoms with E-state index in [1.165, 1.54) is 7.11 Å². The molecule has 200 valence electrons. The minimum absolute atomic E-state index is 0.129. The molecular formula is C27H34N2O8. The second-order valence-corrected chi connectivity index (χ2v) is 9.48. The molecule has 2 aromatic carbocycles. The number of ether oxygens (including phenoxy) is 3. The largest absolute Gasteiger partial charge is 0.489 e. The van der Waals surface area contributed by atoms with Gasteiger partial charge < -0.3 is 30.4 Å². The van der Waals surface area contributed by atoms with E-state index in [9.17, 15) is 24.3 Å². The Labute approximate surface area is 216 Å². The fraction of sp³-hybridized carbons (Fsp3) is 0.407. The normalized spacial score (nSPS) is 12.7. The van der Waals surface area contributed by atoms with Crippen molar-refractivity contribution in [3.05, 3.63) is 65.2 Å². The van der Waals surface area contributed by atoms with Gasteiger partial charge in [0.1, 0.15) is 18.0 Å². The van der Waals surface area contributed by atoms with Crippen molar-refractivity contribution in [3.63, 3.8) is 0 Å². The summed E-state index contributed by atoms with van der Waals surface area (Å²) in [5, 5.41) is 11.9. The summed E-state index contributed by atoms with van der Waals surface area (Å²) in [5.74, 6) is -2.14. The molecule has 0 spiro atoms. The fourth-order valence-electron chi connectivity index (χ4n) is 3.31. The number of hydrogen-bond donors (Lipinski definition) is 3. The van der Waals surface area contributed by atoms with Gasteiger partial charge >= 0.3 is 12.1 Å². The summed E-state index contributed by atoms with van der Waals surface area (Å²) in [5.41, 5.74) is 6.51. The molecule has 0 radical (unpaired) electrons. The van der Waals surface area contributed by atoms with Gasteiger partial charge in [-0.05, 0) is 62.6 Å². The number of rotatable bonds is 12. The number of hydrogen-bond acceptors (Lipinski definition) is 8. The first-order valence-electron chi connectivity index (χ1n) is 11.7. The molecule has 0 aliphatic heterocycles. The number of ketones is 1. The zero-order chi connectivity index (χ0) is 27.6. The Bertz CT molecular complexity index is 1080. The molecule has 0 aromatic heterocycles. The summed E-state index contributed by atoms with van der Waals surface area (Å²) >= 11 is 0. The van der Waals surface area contributed by atoms with E-state index < -0.39 is 47.9 Å². The van der Waals surface area contributed by atoms with Crippen molar-refractivity contribution in [1.82, 2.24) is 5.32 Å². The predicted octanol–water partition coefficient (Wildman–Crippen LogP) is 2.54. The molecule has 0 saturated carbocycles. The van der Waals surface area contributed by atoms with Gasteiger partial charge in [-0.1, -0.05) is 24.3 Å². The maximum atomic E-state index is 12.9. The second-order valence-electron chi connectivity index (χ2n) is 9.48. The van der Waals surface area contributed by atoms with Crippen molar-refractivity contribution in [2.75, 3.05) is 13.7 Å². The number of carbonyl (C=O) groups excluding carboxylic acids is 4. The van der Waals surface area contributed by atoms with E-state index in [1.54, 1.807) is 69.3 Å². The third-order valence-corrected chi connectivity index (χ3v) is 5.29. The first-order chi connectivity index (χ1) is 17.4. The first kappa shape index (κ1) is 29.3. The molecule has 0 saturated heterocycles. The summed E-state index contributed by atoms with van der Waals surface area (Å²) in [7, 11) is 1.32. The monoisotopic (exact) mass is 514 g/mol. The Morgan fingerprint density at radius 3 is 2.08 bits per heavy atom. The molecule has 10 nitrogen and oxygen atoms in total. The minimum atomic E-state index is -1.05. The van der Waals surface area contributed by atoms with Crippen LogP contribution >= 0.6 is 0 Å². The van der Waals surface area contributed by atoms with Crippen LogP contribution in [0.15, 0.2) is 48.5 Å². The average molecular weight is 515 g/mol. The summed E-state index contributed by atoms with van der Waals surface area (Å²) in [6.45, 7) is 4.80. The van der Waals surface area contributed by atoms with Crippen molar-refractivity contribution in [2.24, 2.45) is 11.7 Å². The number of primary amides is 1. The Balaban J connectivity index is 2.06. The Morgan fingerprint density at radius 2 is 1.57 bits per heavy atom. The van der Waals surface area contributed by atoms with Gasteiger partial charge in [0.25, 0.3) is 0 Å². The number of esters is 1. The van der Waals surface area contributed by atoms with E-state index in [4.69, 9.17) is 15.2 Å². The molecule has 0 aliphatic carbocycles. The van der Waals surface area contributed by atoms with Crippen LogP contribution in [-0.4, -0.2) is 54.2 Å². The van der Waals surface area contributed by atoms with Crippen molar-refractivity contribution >= 4 is 23.8 Å². The molecule has 2 atom stereocenters. The highest BCUT2D eigenvalue weighted by molar-refractivity contribution is 5.91. The van der Waals surface area contributed by atoms with E-state index in [1.807, 2.05) is 0 Å². The summed E-state index contributed by atoms with van der Waals surface area (Å²) in [6, 6.07) is 12.8. The predicted molar refractivity (Wildman–Crippen MR) is 135 cm³/mol. The van der Waals surface area contributed by atoms with Crippen LogP contribution in [0.1, 0.15) is 48.7 Å². The molecule has 2 unspecified atom stereocenters. The minimum Gasteiger partial charge on any atom is -0.489 e. The molecular weight excluding hydrogens is 480 g/mol. The molecule has 4 N–H and O–H groups in total. The number of benzene rings is 2. The number of methoxy groups -OCH3 is 1. The molecule has 2 aromatic rings. The molecule has 0 heterocycles. The Kier molecular flexibility index (Phi) is 10.6. The smallest absolute Gasteiger partial charge is 0.408 e. The average Bonchev–Trinajstić information content (AvgIpc) is 2.84. The summed E-state index contributed by atoms with van der Waals surface area (Å²) in [6.07, 6.45) is -0.962. The number of aliphatic hydroxyl groups is 1. The number of nitrogens with one attached hydrogen (secondary N) is 1. The van der Waals surface area contributed by atoms with Gasteiger partial charge in [-0.3, -0.25) is 9.59 Å². The van der Waals surface area contributed by atoms with Gasteiger partial charge in [-0.15, -0.1) is 0 Å². The molecule has 0 fully saturated rings. The van der Waals surface area contributed by atoms with Gasteiger partial charge in [0, 0.05) is 6.42 Å². The van der Waals surface area contributed by atoms with E-state index in [-0.39, 0.29) is 19.4 Å². The first-order valence-corrected chi connectivity index (χ1v) is 11.7. The van der Waals surface area contributed by atoms with Crippen molar-refractivity contribution in [3.8, 4) is 5.75 Å². The lowest BCUT2D eigenvalue weighted by atomic mass is 9.94. The summed E-state index contributed by atoms with van der Waals surface area (Å²) < 4.78 is 15.7. The number of Topliss-reactive ketones (excluding diaryl/α,β-unsaturated/α-hetero) is 1. The van der Waals surface area contributed by atoms with Crippen LogP contribution in [-0.2, 0) is 32.1 Å². The van der Waals surface area contributed by atoms with Crippen LogP contribution in [0.25, 0.3) is 0 Å². The van der Waals surface area contributed by atoms with Gasteiger partial charge in [0.2, 0.25) is 5.91 Å². The zero-order valence-corrected chi connectivity index (χ0v) is 21.5. The van der Waals surface area contributed by atoms with Gasteiger partial charge in [0.15, 0.2) is 5.78 Å². The highest BCUT2D eigenvalue weighted by atomic mass is 16.6. The van der Waals surface area contributed by atoms with Crippen molar-refractivity contribution < 1.29 is 38.5 Å². The van der Waals surface area contributed by atoms with Crippen molar-refractivity contribution in [2.45, 2.75) is 51.9 Å². The molecule has 0 aliphatic rings. The lowest BCUT2D eigenvalue weighted by molar-refractivity contribution is -0.129. The third-order valence-electron chi connectivity index (χ3n) is 5.29. The maximum absolute atomic E-state index is 12.9. The SMILES string of the molecule is COC(=O)c1ccc(COc2ccc(CC(NC(=O)OC(C)(C)C)C(=O)CC(CO)C(N)=O)cc2)cc1. The van der Waals surface area contributed by atoms with Gasteiger partial charge in [-0.2, -0.15) is 0 Å². The quantitative estimate of drug-likeness (QED) is 0.365. The van der Waals surface area contributed by atoms with Crippen LogP contribution < -0.4 is 15.8 Å². The molecule has 2 amide bonds. The Hall–Kier alpha value is -3.92. The van der Waals surface area contributed by atoms with E-state index in [2.05, 4.69) is 10.1 Å². The lowest BCUT2D eigenvalue weighted by Gasteiger charge is -2.24. The van der Waals surface area contributed by atoms with Crippen LogP contribution in [0, 0.1) is 5.92 Å². The molecule has 37 heavy (non-hydrogen) atoms. The second kappa shape index (κ2) is 13.4. The standard InChI is InChI=1S/C27H34N2O8/c1-27(2,3)37-26(34)29-22(23(31)14-20(15-30)24(28)32)13-17-7-11-21(12-8-17)36-16-18-5-9-19(10-6-18)25(33)35-4/h5-12,20,22,30H,13-16H2,1-4H3,(H2,28,32)(H,29,34). The number of carbonyl (C=O) groups is 4. The number of nitrogens with two attached hydrogens (primary N) is 1. The van der Waals surface area contributed by atoms with Crippen molar-refractivity contribution in [1.29, 1.82) is 0 Å². The zero-order valence-electron chi connectivity index (χ0n) is 21.5. The molecule has 10 heteroatoms. The molecule has 0 bridgehead atoms. The van der Waals surface area contributed by atoms with Crippen LogP contribution in [0.5, 0.6) is 5.75 Å². The number of alkyl carbamates (subject to hydrolysis) is 1. The van der Waals surface area contributed by atoms with Crippen LogP contribution in [0.3, 0.4) is 0 Å². The Morgan fingerprint density at radius 1 is 0.973 bits per heavy atom. The van der Waals surface area contributed by atoms with E-state index in [0.29, 0.717) is 11.3 Å². The highest BCUT2D eigenvalue weighted by Gasteiger charge is 2.28. The topological polar surface area (TPSA) is 154 Å². The third kappa shape index (κ3) is 9.92. The highest BCUT2D eigenvalue weighted by Crippen LogP contribution is 2.18. The van der Waals surface area contributed by atoms with Crippen LogP contribution in [0.4, 0.5) is 4.79 Å². The fourth-order valence-corrected chi connectivity index (χ4v) is 3.31. The van der Waals surface area contributed by atoms with E-state index in [0.717, 1.165) is 11.1 Å². The van der Waals surface area contributed by atoms with Crippen LogP contribution in [0.2, 0.25) is 0 Å². The van der Waals surface area contributed by atoms with Gasteiger partial charge in [0.05, 0.1) is 31.2 Å². The van der Waals surface area contributed by atoms with Gasteiger partial charge in [-0.25, -0.2) is 9.59 Å². The number of aliphatic hydroxyl groups excluding tert-OH is 1. The summed E-state index contributed by atoms with van der Waals surface area (Å²) in [4.78, 5) is 48.2. The number of amides is 2. The molecule has 2 rings (SSSR count). The maximum Gasteiger partial charge on any atom is 0.408 e.